The lowest BCUT2D eigenvalue weighted by Gasteiger charge is -2.32. The van der Waals surface area contributed by atoms with E-state index < -0.39 is 54.0 Å². The van der Waals surface area contributed by atoms with Crippen LogP contribution in [-0.4, -0.2) is 44.8 Å². The van der Waals surface area contributed by atoms with Gasteiger partial charge in [-0.15, -0.1) is 0 Å². The van der Waals surface area contributed by atoms with Gasteiger partial charge in [-0.25, -0.2) is 9.59 Å². The summed E-state index contributed by atoms with van der Waals surface area (Å²) in [6, 6.07) is 6.96. The van der Waals surface area contributed by atoms with Gasteiger partial charge in [-0.1, -0.05) is 42.5 Å². The molecule has 0 aliphatic carbocycles. The van der Waals surface area contributed by atoms with E-state index in [-0.39, 0.29) is 0 Å². The topological polar surface area (TPSA) is 104 Å². The summed E-state index contributed by atoms with van der Waals surface area (Å²) in [6.07, 6.45) is -1.18. The van der Waals surface area contributed by atoms with Gasteiger partial charge in [0.15, 0.2) is 0 Å². The zero-order chi connectivity index (χ0) is 21.2. The first kappa shape index (κ1) is 21.5. The van der Waals surface area contributed by atoms with Gasteiger partial charge < -0.3 is 14.9 Å². The van der Waals surface area contributed by atoms with Crippen LogP contribution >= 0.6 is 0 Å². The van der Waals surface area contributed by atoms with E-state index in [1.165, 1.54) is 4.90 Å². The molecular formula is C21H27NO6. The van der Waals surface area contributed by atoms with Crippen molar-refractivity contribution in [3.8, 4) is 0 Å². The molecular weight excluding hydrogens is 362 g/mol. The maximum absolute atomic E-state index is 13.0. The Labute approximate surface area is 164 Å². The number of nitrogens with zero attached hydrogens (tertiary/aromatic N) is 1. The van der Waals surface area contributed by atoms with Crippen molar-refractivity contribution < 1.29 is 29.3 Å². The maximum Gasteiger partial charge on any atom is 0.411 e. The average molecular weight is 389 g/mol. The number of aliphatic carboxylic acids is 2. The Kier molecular flexibility index (Phi) is 6.17. The quantitative estimate of drug-likeness (QED) is 0.744. The molecule has 4 atom stereocenters. The van der Waals surface area contributed by atoms with Gasteiger partial charge in [-0.3, -0.25) is 9.69 Å². The summed E-state index contributed by atoms with van der Waals surface area (Å²) in [6.45, 7) is 10.8. The van der Waals surface area contributed by atoms with E-state index in [2.05, 4.69) is 6.58 Å². The Balaban J connectivity index is 2.65. The van der Waals surface area contributed by atoms with Gasteiger partial charge in [0.2, 0.25) is 0 Å². The van der Waals surface area contributed by atoms with E-state index in [0.717, 1.165) is 0 Å². The van der Waals surface area contributed by atoms with Crippen LogP contribution in [-0.2, 0) is 14.3 Å². The monoisotopic (exact) mass is 389 g/mol. The van der Waals surface area contributed by atoms with Gasteiger partial charge in [0.05, 0.1) is 12.5 Å². The van der Waals surface area contributed by atoms with E-state index in [1.807, 2.05) is 6.07 Å². The van der Waals surface area contributed by atoms with Gasteiger partial charge in [0, 0.05) is 11.8 Å². The fraction of sp³-hybridized carbons (Fsp3) is 0.476. The fourth-order valence-corrected chi connectivity index (χ4v) is 3.92. The molecule has 0 bridgehead atoms. The minimum absolute atomic E-state index is 0.392. The molecule has 0 unspecified atom stereocenters. The van der Waals surface area contributed by atoms with Crippen LogP contribution in [0, 0.1) is 11.8 Å². The standard InChI is InChI=1S/C21H27NO6/c1-12(2)16-14(11-15(23)24)18(19(25)26)22(20(27)28-21(3,4)5)17(16)13-9-7-6-8-10-13/h6-10,14,16-18H,1,11H2,2-5H3,(H,23,24)(H,25,26)/t14-,16+,17+,18-/m0/s1. The zero-order valence-corrected chi connectivity index (χ0v) is 16.6. The molecule has 0 aromatic heterocycles. The summed E-state index contributed by atoms with van der Waals surface area (Å²) < 4.78 is 5.48. The van der Waals surface area contributed by atoms with Gasteiger partial charge in [-0.05, 0) is 33.3 Å². The minimum atomic E-state index is -1.34. The number of benzene rings is 1. The van der Waals surface area contributed by atoms with Crippen molar-refractivity contribution in [2.24, 2.45) is 11.8 Å². The van der Waals surface area contributed by atoms with Crippen molar-refractivity contribution >= 4 is 18.0 Å². The molecule has 1 saturated heterocycles. The summed E-state index contributed by atoms with van der Waals surface area (Å²) in [5.74, 6) is -3.75. The van der Waals surface area contributed by atoms with Gasteiger partial charge in [0.25, 0.3) is 0 Å². The SMILES string of the molecule is C=C(C)[C@@H]1[C@H](CC(=O)O)[C@@H](C(=O)O)N(C(=O)OC(C)(C)C)[C@@H]1c1ccccc1. The Morgan fingerprint density at radius 1 is 1.14 bits per heavy atom. The fourth-order valence-electron chi connectivity index (χ4n) is 3.92. The van der Waals surface area contributed by atoms with E-state index in [9.17, 15) is 24.6 Å². The Morgan fingerprint density at radius 3 is 2.14 bits per heavy atom. The van der Waals surface area contributed by atoms with Crippen LogP contribution in [0.2, 0.25) is 0 Å². The molecule has 1 amide bonds. The molecule has 1 heterocycles. The van der Waals surface area contributed by atoms with E-state index >= 15 is 0 Å². The lowest BCUT2D eigenvalue weighted by atomic mass is 9.79. The number of hydrogen-bond acceptors (Lipinski definition) is 4. The smallest absolute Gasteiger partial charge is 0.411 e. The van der Waals surface area contributed by atoms with Crippen LogP contribution in [0.25, 0.3) is 0 Å². The normalized spacial score (nSPS) is 24.6. The van der Waals surface area contributed by atoms with Gasteiger partial charge in [0.1, 0.15) is 11.6 Å². The second-order valence-corrected chi connectivity index (χ2v) is 8.16. The van der Waals surface area contributed by atoms with Crippen LogP contribution in [0.1, 0.15) is 45.7 Å². The third-order valence-corrected chi connectivity index (χ3v) is 4.78. The van der Waals surface area contributed by atoms with E-state index in [0.29, 0.717) is 11.1 Å². The van der Waals surface area contributed by atoms with E-state index in [4.69, 9.17) is 4.74 Å². The van der Waals surface area contributed by atoms with Crippen molar-refractivity contribution in [3.63, 3.8) is 0 Å². The number of likely N-dealkylation sites (tertiary alicyclic amines) is 1. The molecule has 0 radical (unpaired) electrons. The molecule has 28 heavy (non-hydrogen) atoms. The van der Waals surface area contributed by atoms with Crippen LogP contribution in [0.4, 0.5) is 4.79 Å². The first-order valence-electron chi connectivity index (χ1n) is 9.10. The predicted octanol–water partition coefficient (Wildman–Crippen LogP) is 3.71. The first-order valence-corrected chi connectivity index (χ1v) is 9.10. The van der Waals surface area contributed by atoms with Crippen LogP contribution in [0.5, 0.6) is 0 Å². The molecule has 7 heteroatoms. The highest BCUT2D eigenvalue weighted by Crippen LogP contribution is 2.49. The Morgan fingerprint density at radius 2 is 1.71 bits per heavy atom. The van der Waals surface area contributed by atoms with Crippen molar-refractivity contribution in [2.45, 2.75) is 51.8 Å². The molecule has 7 nitrogen and oxygen atoms in total. The summed E-state index contributed by atoms with van der Waals surface area (Å²) >= 11 is 0. The van der Waals surface area contributed by atoms with Crippen LogP contribution in [0.3, 0.4) is 0 Å². The second kappa shape index (κ2) is 8.04. The van der Waals surface area contributed by atoms with Gasteiger partial charge >= 0.3 is 18.0 Å². The van der Waals surface area contributed by atoms with Crippen LogP contribution < -0.4 is 0 Å². The molecule has 2 rings (SSSR count). The van der Waals surface area contributed by atoms with Crippen molar-refractivity contribution in [3.05, 3.63) is 48.0 Å². The van der Waals surface area contributed by atoms with E-state index in [1.54, 1.807) is 52.0 Å². The lowest BCUT2D eigenvalue weighted by molar-refractivity contribution is -0.145. The number of carboxylic acids is 2. The molecule has 1 aliphatic heterocycles. The zero-order valence-electron chi connectivity index (χ0n) is 16.6. The number of ether oxygens (including phenoxy) is 1. The highest BCUT2D eigenvalue weighted by atomic mass is 16.6. The van der Waals surface area contributed by atoms with Crippen molar-refractivity contribution in [1.82, 2.24) is 4.90 Å². The predicted molar refractivity (Wildman–Crippen MR) is 103 cm³/mol. The average Bonchev–Trinajstić information content (AvgIpc) is 2.88. The highest BCUT2D eigenvalue weighted by molar-refractivity contribution is 5.83. The first-order chi connectivity index (χ1) is 12.9. The molecule has 1 aromatic rings. The number of amides is 1. The summed E-state index contributed by atoms with van der Waals surface area (Å²) in [4.78, 5) is 37.8. The molecule has 152 valence electrons. The number of carboxylic acid groups (broad SMARTS) is 2. The molecule has 2 N–H and O–H groups in total. The highest BCUT2D eigenvalue weighted by Gasteiger charge is 2.56. The summed E-state index contributed by atoms with van der Waals surface area (Å²) in [5.41, 5.74) is 0.503. The Hall–Kier alpha value is -2.83. The number of carbonyl (C=O) groups excluding carboxylic acids is 1. The molecule has 0 saturated carbocycles. The molecule has 1 fully saturated rings. The summed E-state index contributed by atoms with van der Waals surface area (Å²) in [5, 5.41) is 19.3. The molecule has 1 aromatic carbocycles. The van der Waals surface area contributed by atoms with Crippen LogP contribution in [0.15, 0.2) is 42.5 Å². The third kappa shape index (κ3) is 4.52. The Bertz CT molecular complexity index is 767. The molecule has 1 aliphatic rings. The second-order valence-electron chi connectivity index (χ2n) is 8.16. The van der Waals surface area contributed by atoms with Crippen molar-refractivity contribution in [2.75, 3.05) is 0 Å². The third-order valence-electron chi connectivity index (χ3n) is 4.78. The van der Waals surface area contributed by atoms with Gasteiger partial charge in [-0.2, -0.15) is 0 Å². The number of hydrogen-bond donors (Lipinski definition) is 2. The molecule has 0 spiro atoms. The maximum atomic E-state index is 13.0. The number of rotatable bonds is 5. The van der Waals surface area contributed by atoms with Crippen molar-refractivity contribution in [1.29, 1.82) is 0 Å². The number of carbonyl (C=O) groups is 3. The lowest BCUT2D eigenvalue weighted by Crippen LogP contribution is -2.46. The summed E-state index contributed by atoms with van der Waals surface area (Å²) in [7, 11) is 0. The minimum Gasteiger partial charge on any atom is -0.481 e. The largest absolute Gasteiger partial charge is 0.481 e.